The van der Waals surface area contributed by atoms with E-state index in [4.69, 9.17) is 27.9 Å². The predicted molar refractivity (Wildman–Crippen MR) is 50.2 cm³/mol. The third-order valence-corrected chi connectivity index (χ3v) is 1.54. The molecule has 1 aromatic heterocycles. The van der Waals surface area contributed by atoms with E-state index in [-0.39, 0.29) is 16.3 Å². The molecule has 0 bridgehead atoms. The van der Waals surface area contributed by atoms with Crippen molar-refractivity contribution < 1.29 is 4.74 Å². The molecule has 1 heterocycles. The molecule has 70 valence electrons. The second-order valence-corrected chi connectivity index (χ2v) is 2.75. The van der Waals surface area contributed by atoms with Gasteiger partial charge in [-0.1, -0.05) is 23.8 Å². The number of hydrogen-bond donors (Lipinski definition) is 0. The molecule has 0 unspecified atom stereocenters. The van der Waals surface area contributed by atoms with E-state index < -0.39 is 0 Å². The van der Waals surface area contributed by atoms with Crippen molar-refractivity contribution >= 4 is 23.2 Å². The van der Waals surface area contributed by atoms with Crippen molar-refractivity contribution in [3.8, 4) is 5.88 Å². The van der Waals surface area contributed by atoms with E-state index in [9.17, 15) is 0 Å². The Hall–Kier alpha value is -0.870. The van der Waals surface area contributed by atoms with Crippen LogP contribution in [0.3, 0.4) is 0 Å². The molecule has 1 rings (SSSR count). The van der Waals surface area contributed by atoms with Crippen molar-refractivity contribution in [1.29, 1.82) is 0 Å². The van der Waals surface area contributed by atoms with Gasteiger partial charge < -0.3 is 4.74 Å². The minimum Gasteiger partial charge on any atom is -0.471 e. The zero-order valence-corrected chi connectivity index (χ0v) is 8.38. The van der Waals surface area contributed by atoms with Crippen molar-refractivity contribution in [2.45, 2.75) is 6.92 Å². The van der Waals surface area contributed by atoms with Crippen LogP contribution in [0.2, 0.25) is 10.4 Å². The smallest absolute Gasteiger partial charge is 0.257 e. The molecule has 6 heteroatoms. The maximum Gasteiger partial charge on any atom is 0.257 e. The van der Waals surface area contributed by atoms with Crippen LogP contribution in [0.15, 0.2) is 12.2 Å². The number of rotatable bonds is 3. The summed E-state index contributed by atoms with van der Waals surface area (Å²) >= 11 is 11.1. The molecule has 0 aliphatic heterocycles. The van der Waals surface area contributed by atoms with Crippen LogP contribution in [0.5, 0.6) is 5.88 Å². The highest BCUT2D eigenvalue weighted by Gasteiger charge is 2.05. The molecule has 0 aromatic carbocycles. The Morgan fingerprint density at radius 3 is 2.85 bits per heavy atom. The van der Waals surface area contributed by atoms with E-state index in [0.29, 0.717) is 6.61 Å². The Morgan fingerprint density at radius 2 is 2.15 bits per heavy atom. The first-order valence-corrected chi connectivity index (χ1v) is 4.29. The van der Waals surface area contributed by atoms with E-state index in [1.54, 1.807) is 0 Å². The summed E-state index contributed by atoms with van der Waals surface area (Å²) in [5, 5.41) is 7.09. The Morgan fingerprint density at radius 1 is 1.38 bits per heavy atom. The number of allylic oxidation sites excluding steroid dienone is 1. The van der Waals surface area contributed by atoms with E-state index in [2.05, 4.69) is 15.2 Å². The fraction of sp³-hybridized carbons (Fsp3) is 0.286. The highest BCUT2D eigenvalue weighted by molar-refractivity contribution is 6.31. The first-order valence-electron chi connectivity index (χ1n) is 3.53. The number of halogens is 2. The van der Waals surface area contributed by atoms with Gasteiger partial charge in [0.1, 0.15) is 6.61 Å². The predicted octanol–water partition coefficient (Wildman–Crippen LogP) is 2.13. The van der Waals surface area contributed by atoms with Crippen LogP contribution in [0.4, 0.5) is 0 Å². The minimum atomic E-state index is 0.0138. The van der Waals surface area contributed by atoms with Crippen LogP contribution < -0.4 is 4.74 Å². The number of nitrogens with zero attached hydrogens (tertiary/aromatic N) is 3. The molecule has 0 N–H and O–H groups in total. The average Bonchev–Trinajstić information content (AvgIpc) is 2.11. The molecule has 0 saturated carbocycles. The van der Waals surface area contributed by atoms with Crippen molar-refractivity contribution in [2.24, 2.45) is 0 Å². The van der Waals surface area contributed by atoms with Gasteiger partial charge in [-0.2, -0.15) is 4.98 Å². The van der Waals surface area contributed by atoms with Crippen LogP contribution in [-0.4, -0.2) is 21.8 Å². The lowest BCUT2D eigenvalue weighted by Gasteiger charge is -2.01. The van der Waals surface area contributed by atoms with Gasteiger partial charge in [0.05, 0.1) is 0 Å². The minimum absolute atomic E-state index is 0.0138. The molecule has 0 amide bonds. The summed E-state index contributed by atoms with van der Waals surface area (Å²) in [6.45, 7) is 2.27. The normalized spacial score (nSPS) is 10.7. The summed E-state index contributed by atoms with van der Waals surface area (Å²) in [4.78, 5) is 3.75. The Balaban J connectivity index is 2.69. The van der Waals surface area contributed by atoms with E-state index in [0.717, 1.165) is 0 Å². The van der Waals surface area contributed by atoms with Crippen LogP contribution in [-0.2, 0) is 0 Å². The van der Waals surface area contributed by atoms with Gasteiger partial charge in [0.2, 0.25) is 10.4 Å². The molecule has 0 aliphatic carbocycles. The zero-order valence-electron chi connectivity index (χ0n) is 6.87. The van der Waals surface area contributed by atoms with Crippen LogP contribution >= 0.6 is 23.2 Å². The van der Waals surface area contributed by atoms with Crippen molar-refractivity contribution in [3.05, 3.63) is 22.6 Å². The second-order valence-electron chi connectivity index (χ2n) is 2.06. The van der Waals surface area contributed by atoms with Gasteiger partial charge >= 0.3 is 0 Å². The van der Waals surface area contributed by atoms with Crippen molar-refractivity contribution in [3.63, 3.8) is 0 Å². The first-order chi connectivity index (χ1) is 6.24. The molecular weight excluding hydrogens is 213 g/mol. The molecule has 0 fully saturated rings. The molecule has 0 radical (unpaired) electrons. The summed E-state index contributed by atoms with van der Waals surface area (Å²) < 4.78 is 5.14. The van der Waals surface area contributed by atoms with Gasteiger partial charge in [-0.25, -0.2) is 0 Å². The molecule has 1 aromatic rings. The summed E-state index contributed by atoms with van der Waals surface area (Å²) in [6, 6.07) is 0. The molecule has 0 saturated heterocycles. The van der Waals surface area contributed by atoms with Crippen molar-refractivity contribution in [2.75, 3.05) is 6.61 Å². The molecule has 4 nitrogen and oxygen atoms in total. The summed E-state index contributed by atoms with van der Waals surface area (Å²) in [5.74, 6) is 0.194. The van der Waals surface area contributed by atoms with Gasteiger partial charge in [-0.3, -0.25) is 0 Å². The van der Waals surface area contributed by atoms with Crippen molar-refractivity contribution in [1.82, 2.24) is 15.2 Å². The van der Waals surface area contributed by atoms with Gasteiger partial charge in [-0.15, -0.1) is 10.2 Å². The standard InChI is InChI=1S/C7H7Cl2N3O/c1-2-3-4-13-6-5(8)11-12-7(9)10-6/h2-3H,4H2,1H3/b3-2+. The fourth-order valence-electron chi connectivity index (χ4n) is 0.595. The largest absolute Gasteiger partial charge is 0.471 e. The topological polar surface area (TPSA) is 47.9 Å². The average molecular weight is 220 g/mol. The Labute approximate surface area is 85.5 Å². The molecule has 13 heavy (non-hydrogen) atoms. The molecule has 0 aliphatic rings. The Kier molecular flexibility index (Phi) is 3.92. The fourth-order valence-corrected chi connectivity index (χ4v) is 0.844. The van der Waals surface area contributed by atoms with Gasteiger partial charge in [0.15, 0.2) is 0 Å². The summed E-state index contributed by atoms with van der Waals surface area (Å²) in [7, 11) is 0. The van der Waals surface area contributed by atoms with Gasteiger partial charge in [-0.05, 0) is 18.5 Å². The van der Waals surface area contributed by atoms with Crippen LogP contribution in [0, 0.1) is 0 Å². The third-order valence-electron chi connectivity index (χ3n) is 1.14. The second kappa shape index (κ2) is 4.99. The SMILES string of the molecule is C/C=C/COc1nc(Cl)nnc1Cl. The Bertz CT molecular complexity index is 317. The molecular formula is C7H7Cl2N3O. The lowest BCUT2D eigenvalue weighted by Crippen LogP contribution is -1.99. The quantitative estimate of drug-likeness (QED) is 0.732. The zero-order chi connectivity index (χ0) is 9.68. The number of aromatic nitrogens is 3. The van der Waals surface area contributed by atoms with E-state index >= 15 is 0 Å². The number of hydrogen-bond acceptors (Lipinski definition) is 4. The lowest BCUT2D eigenvalue weighted by atomic mass is 10.5. The van der Waals surface area contributed by atoms with E-state index in [1.807, 2.05) is 19.1 Å². The summed E-state index contributed by atoms with van der Waals surface area (Å²) in [5.41, 5.74) is 0. The maximum atomic E-state index is 5.63. The number of ether oxygens (including phenoxy) is 1. The van der Waals surface area contributed by atoms with Gasteiger partial charge in [0.25, 0.3) is 5.88 Å². The molecule has 0 atom stereocenters. The van der Waals surface area contributed by atoms with Crippen LogP contribution in [0.1, 0.15) is 6.92 Å². The van der Waals surface area contributed by atoms with Gasteiger partial charge in [0, 0.05) is 0 Å². The van der Waals surface area contributed by atoms with E-state index in [1.165, 1.54) is 0 Å². The highest BCUT2D eigenvalue weighted by atomic mass is 35.5. The molecule has 0 spiro atoms. The monoisotopic (exact) mass is 219 g/mol. The lowest BCUT2D eigenvalue weighted by molar-refractivity contribution is 0.345. The first kappa shape index (κ1) is 10.2. The maximum absolute atomic E-state index is 5.63. The summed E-state index contributed by atoms with van der Waals surface area (Å²) in [6.07, 6.45) is 3.66. The van der Waals surface area contributed by atoms with Crippen LogP contribution in [0.25, 0.3) is 0 Å². The third kappa shape index (κ3) is 3.16. The highest BCUT2D eigenvalue weighted by Crippen LogP contribution is 2.18.